The van der Waals surface area contributed by atoms with Gasteiger partial charge in [0.1, 0.15) is 0 Å². The van der Waals surface area contributed by atoms with Gasteiger partial charge in [0.2, 0.25) is 10.0 Å². The number of hydrogen-bond acceptors (Lipinski definition) is 3. The minimum absolute atomic E-state index is 0.207. The Hall–Kier alpha value is -2.18. The van der Waals surface area contributed by atoms with E-state index in [1.165, 1.54) is 0 Å². The van der Waals surface area contributed by atoms with Gasteiger partial charge in [-0.1, -0.05) is 18.9 Å². The molecule has 1 fully saturated rings. The minimum atomic E-state index is -3.47. The van der Waals surface area contributed by atoms with Gasteiger partial charge in [-0.2, -0.15) is 4.31 Å². The molecule has 1 heterocycles. The van der Waals surface area contributed by atoms with Gasteiger partial charge in [0.15, 0.2) is 0 Å². The van der Waals surface area contributed by atoms with Crippen molar-refractivity contribution in [2.75, 3.05) is 18.4 Å². The number of benzene rings is 2. The molecule has 0 bridgehead atoms. The number of anilines is 1. The number of rotatable bonds is 4. The van der Waals surface area contributed by atoms with Crippen LogP contribution in [0.3, 0.4) is 0 Å². The highest BCUT2D eigenvalue weighted by Crippen LogP contribution is 2.22. The average Bonchev–Trinajstić information content (AvgIpc) is 2.94. The minimum Gasteiger partial charge on any atom is -0.322 e. The van der Waals surface area contributed by atoms with Gasteiger partial charge in [0.05, 0.1) is 4.90 Å². The first-order chi connectivity index (χ1) is 12.9. The summed E-state index contributed by atoms with van der Waals surface area (Å²) in [4.78, 5) is 12.7. The predicted octanol–water partition coefficient (Wildman–Crippen LogP) is 4.12. The van der Waals surface area contributed by atoms with Gasteiger partial charge in [0, 0.05) is 24.3 Å². The van der Waals surface area contributed by atoms with E-state index in [1.54, 1.807) is 34.6 Å². The van der Waals surface area contributed by atoms with E-state index in [4.69, 9.17) is 0 Å². The van der Waals surface area contributed by atoms with E-state index in [0.717, 1.165) is 36.8 Å². The van der Waals surface area contributed by atoms with Crippen LogP contribution in [0, 0.1) is 13.8 Å². The number of carbonyl (C=O) groups is 1. The number of amides is 1. The van der Waals surface area contributed by atoms with E-state index in [0.29, 0.717) is 24.3 Å². The van der Waals surface area contributed by atoms with Crippen LogP contribution in [0.15, 0.2) is 47.4 Å². The van der Waals surface area contributed by atoms with Crippen LogP contribution in [0.25, 0.3) is 0 Å². The van der Waals surface area contributed by atoms with E-state index < -0.39 is 10.0 Å². The molecule has 0 aliphatic carbocycles. The number of sulfonamides is 1. The summed E-state index contributed by atoms with van der Waals surface area (Å²) in [7, 11) is -3.47. The van der Waals surface area contributed by atoms with Crippen LogP contribution < -0.4 is 5.32 Å². The SMILES string of the molecule is Cc1ccc(C(=O)Nc2ccc(S(=O)(=O)N3CCCCCC3)cc2)cc1C. The Bertz CT molecular complexity index is 913. The molecular weight excluding hydrogens is 360 g/mol. The molecule has 0 aromatic heterocycles. The van der Waals surface area contributed by atoms with Crippen molar-refractivity contribution in [2.24, 2.45) is 0 Å². The van der Waals surface area contributed by atoms with Gasteiger partial charge < -0.3 is 5.32 Å². The van der Waals surface area contributed by atoms with Crippen LogP contribution in [0.1, 0.15) is 47.2 Å². The van der Waals surface area contributed by atoms with Crippen molar-refractivity contribution in [3.8, 4) is 0 Å². The molecule has 3 rings (SSSR count). The summed E-state index contributed by atoms with van der Waals surface area (Å²) in [6.45, 7) is 5.12. The fourth-order valence-corrected chi connectivity index (χ4v) is 4.74. The van der Waals surface area contributed by atoms with Gasteiger partial charge in [-0.05, 0) is 74.2 Å². The molecule has 0 atom stereocenters. The van der Waals surface area contributed by atoms with Crippen LogP contribution in [-0.4, -0.2) is 31.7 Å². The van der Waals surface area contributed by atoms with E-state index >= 15 is 0 Å². The van der Waals surface area contributed by atoms with E-state index in [9.17, 15) is 13.2 Å². The highest BCUT2D eigenvalue weighted by atomic mass is 32.2. The Kier molecular flexibility index (Phi) is 5.97. The molecule has 1 saturated heterocycles. The zero-order valence-electron chi connectivity index (χ0n) is 15.9. The number of aryl methyl sites for hydroxylation is 2. The summed E-state index contributed by atoms with van der Waals surface area (Å²) in [5.41, 5.74) is 3.35. The van der Waals surface area contributed by atoms with Crippen molar-refractivity contribution in [3.05, 3.63) is 59.2 Å². The van der Waals surface area contributed by atoms with Crippen LogP contribution in [0.2, 0.25) is 0 Å². The number of carbonyl (C=O) groups excluding carboxylic acids is 1. The van der Waals surface area contributed by atoms with Gasteiger partial charge in [0.25, 0.3) is 5.91 Å². The van der Waals surface area contributed by atoms with E-state index in [1.807, 2.05) is 26.0 Å². The summed E-state index contributed by atoms with van der Waals surface area (Å²) < 4.78 is 27.2. The number of hydrogen-bond donors (Lipinski definition) is 1. The highest BCUT2D eigenvalue weighted by Gasteiger charge is 2.25. The summed E-state index contributed by atoms with van der Waals surface area (Å²) >= 11 is 0. The standard InChI is InChI=1S/C21H26N2O3S/c1-16-7-8-18(15-17(16)2)21(24)22-19-9-11-20(12-10-19)27(25,26)23-13-5-3-4-6-14-23/h7-12,15H,3-6,13-14H2,1-2H3,(H,22,24). The molecule has 6 heteroatoms. The smallest absolute Gasteiger partial charge is 0.255 e. The largest absolute Gasteiger partial charge is 0.322 e. The van der Waals surface area contributed by atoms with Gasteiger partial charge in [-0.15, -0.1) is 0 Å². The van der Waals surface area contributed by atoms with Crippen molar-refractivity contribution in [1.82, 2.24) is 4.31 Å². The maximum Gasteiger partial charge on any atom is 0.255 e. The maximum absolute atomic E-state index is 12.8. The summed E-state index contributed by atoms with van der Waals surface area (Å²) in [5.74, 6) is -0.207. The highest BCUT2D eigenvalue weighted by molar-refractivity contribution is 7.89. The van der Waals surface area contributed by atoms with E-state index in [-0.39, 0.29) is 10.8 Å². The Morgan fingerprint density at radius 1 is 0.889 bits per heavy atom. The summed E-state index contributed by atoms with van der Waals surface area (Å²) in [6.07, 6.45) is 3.97. The monoisotopic (exact) mass is 386 g/mol. The molecule has 0 radical (unpaired) electrons. The van der Waals surface area contributed by atoms with Crippen molar-refractivity contribution >= 4 is 21.6 Å². The maximum atomic E-state index is 12.8. The topological polar surface area (TPSA) is 66.5 Å². The first-order valence-corrected chi connectivity index (χ1v) is 10.8. The third kappa shape index (κ3) is 4.57. The fraction of sp³-hybridized carbons (Fsp3) is 0.381. The average molecular weight is 387 g/mol. The molecular formula is C21H26N2O3S. The molecule has 0 unspecified atom stereocenters. The van der Waals surface area contributed by atoms with Crippen molar-refractivity contribution in [3.63, 3.8) is 0 Å². The van der Waals surface area contributed by atoms with Crippen LogP contribution in [0.4, 0.5) is 5.69 Å². The molecule has 0 saturated carbocycles. The molecule has 0 spiro atoms. The lowest BCUT2D eigenvalue weighted by Crippen LogP contribution is -2.31. The molecule has 1 aliphatic heterocycles. The second-order valence-corrected chi connectivity index (χ2v) is 9.03. The predicted molar refractivity (Wildman–Crippen MR) is 108 cm³/mol. The van der Waals surface area contributed by atoms with Crippen molar-refractivity contribution in [1.29, 1.82) is 0 Å². The molecule has 2 aromatic rings. The Balaban J connectivity index is 1.72. The Labute approximate surface area is 161 Å². The summed E-state index contributed by atoms with van der Waals surface area (Å²) in [5, 5.41) is 2.83. The first-order valence-electron chi connectivity index (χ1n) is 9.37. The molecule has 1 amide bonds. The number of nitrogens with one attached hydrogen (secondary N) is 1. The zero-order chi connectivity index (χ0) is 19.4. The van der Waals surface area contributed by atoms with Crippen molar-refractivity contribution in [2.45, 2.75) is 44.4 Å². The molecule has 1 N–H and O–H groups in total. The summed E-state index contributed by atoms with van der Waals surface area (Å²) in [6, 6.07) is 12.0. The van der Waals surface area contributed by atoms with Crippen LogP contribution in [0.5, 0.6) is 0 Å². The molecule has 27 heavy (non-hydrogen) atoms. The Morgan fingerprint density at radius 3 is 2.11 bits per heavy atom. The zero-order valence-corrected chi connectivity index (χ0v) is 16.7. The molecule has 2 aromatic carbocycles. The third-order valence-electron chi connectivity index (χ3n) is 5.08. The second kappa shape index (κ2) is 8.23. The van der Waals surface area contributed by atoms with Crippen LogP contribution >= 0.6 is 0 Å². The van der Waals surface area contributed by atoms with Crippen molar-refractivity contribution < 1.29 is 13.2 Å². The normalized spacial score (nSPS) is 15.9. The molecule has 1 aliphatic rings. The van der Waals surface area contributed by atoms with Gasteiger partial charge >= 0.3 is 0 Å². The lowest BCUT2D eigenvalue weighted by molar-refractivity contribution is 0.102. The molecule has 144 valence electrons. The first kappa shape index (κ1) is 19.6. The van der Waals surface area contributed by atoms with Gasteiger partial charge in [-0.3, -0.25) is 4.79 Å². The van der Waals surface area contributed by atoms with Gasteiger partial charge in [-0.25, -0.2) is 8.42 Å². The third-order valence-corrected chi connectivity index (χ3v) is 7.00. The lowest BCUT2D eigenvalue weighted by atomic mass is 10.1. The molecule has 5 nitrogen and oxygen atoms in total. The van der Waals surface area contributed by atoms with Crippen LogP contribution in [-0.2, 0) is 10.0 Å². The Morgan fingerprint density at radius 2 is 1.52 bits per heavy atom. The quantitative estimate of drug-likeness (QED) is 0.859. The second-order valence-electron chi connectivity index (χ2n) is 7.10. The number of nitrogens with zero attached hydrogens (tertiary/aromatic N) is 1. The van der Waals surface area contributed by atoms with E-state index in [2.05, 4.69) is 5.32 Å². The lowest BCUT2D eigenvalue weighted by Gasteiger charge is -2.20. The fourth-order valence-electron chi connectivity index (χ4n) is 3.23.